The number of aromatic amines is 1. The van der Waals surface area contributed by atoms with Gasteiger partial charge in [0.15, 0.2) is 11.6 Å². The fraction of sp³-hybridized carbons (Fsp3) is 0.222. The van der Waals surface area contributed by atoms with Gasteiger partial charge >= 0.3 is 0 Å². The molecule has 2 N–H and O–H groups in total. The molecule has 2 heterocycles. The summed E-state index contributed by atoms with van der Waals surface area (Å²) in [6.07, 6.45) is 0. The summed E-state index contributed by atoms with van der Waals surface area (Å²) in [6, 6.07) is 17.9. The van der Waals surface area contributed by atoms with Gasteiger partial charge in [0, 0.05) is 49.4 Å². The summed E-state index contributed by atoms with van der Waals surface area (Å²) < 4.78 is 28.0. The van der Waals surface area contributed by atoms with Gasteiger partial charge in [-0.2, -0.15) is 5.10 Å². The lowest BCUT2D eigenvalue weighted by Gasteiger charge is -2.32. The fourth-order valence-electron chi connectivity index (χ4n) is 4.33. The summed E-state index contributed by atoms with van der Waals surface area (Å²) in [4.78, 5) is 4.82. The lowest BCUT2D eigenvalue weighted by atomic mass is 10.0. The van der Waals surface area contributed by atoms with Crippen LogP contribution in [0.15, 0.2) is 67.2 Å². The van der Waals surface area contributed by atoms with Crippen molar-refractivity contribution in [3.8, 4) is 11.1 Å². The Morgan fingerprint density at radius 3 is 2.56 bits per heavy atom. The standard InChI is InChI=1S/C27H27F2N5/c1-18(30-21-9-6-19(7-10-21)17-34-14-12-33(2)13-15-34)27-23-16-20(8-11-25(23)31-32-27)22-4-3-5-24(28)26(22)29/h3-11,16,30H,1,12-15,17H2,2H3,(H,31,32). The molecule has 0 aliphatic carbocycles. The van der Waals surface area contributed by atoms with Crippen LogP contribution in [0.2, 0.25) is 0 Å². The van der Waals surface area contributed by atoms with E-state index >= 15 is 0 Å². The van der Waals surface area contributed by atoms with Gasteiger partial charge < -0.3 is 10.2 Å². The Hall–Kier alpha value is -3.55. The normalized spacial score (nSPS) is 15.0. The molecule has 7 heteroatoms. The third kappa shape index (κ3) is 4.58. The van der Waals surface area contributed by atoms with E-state index in [9.17, 15) is 8.78 Å². The fourth-order valence-corrected chi connectivity index (χ4v) is 4.33. The van der Waals surface area contributed by atoms with Crippen molar-refractivity contribution in [1.82, 2.24) is 20.0 Å². The minimum atomic E-state index is -0.868. The summed E-state index contributed by atoms with van der Waals surface area (Å²) in [5.74, 6) is -1.73. The molecule has 0 bridgehead atoms. The maximum absolute atomic E-state index is 14.3. The number of nitrogens with one attached hydrogen (secondary N) is 2. The zero-order valence-corrected chi connectivity index (χ0v) is 19.1. The molecule has 0 atom stereocenters. The van der Waals surface area contributed by atoms with Crippen molar-refractivity contribution in [3.05, 3.63) is 90.1 Å². The Morgan fingerprint density at radius 1 is 1.03 bits per heavy atom. The molecule has 1 aliphatic heterocycles. The van der Waals surface area contributed by atoms with E-state index in [0.29, 0.717) is 17.0 Å². The average molecular weight is 460 g/mol. The SMILES string of the molecule is C=C(Nc1ccc(CN2CCN(C)CC2)cc1)c1n[nH]c2ccc(-c3cccc(F)c3F)cc12. The molecule has 0 unspecified atom stereocenters. The lowest BCUT2D eigenvalue weighted by molar-refractivity contribution is 0.148. The van der Waals surface area contributed by atoms with Crippen LogP contribution >= 0.6 is 0 Å². The van der Waals surface area contributed by atoms with E-state index in [2.05, 4.69) is 51.1 Å². The molecule has 0 amide bonds. The number of fused-ring (bicyclic) bond motifs is 1. The molecule has 0 saturated carbocycles. The van der Waals surface area contributed by atoms with E-state index in [0.717, 1.165) is 55.4 Å². The molecule has 1 aliphatic rings. The molecule has 174 valence electrons. The lowest BCUT2D eigenvalue weighted by Crippen LogP contribution is -2.43. The van der Waals surface area contributed by atoms with Crippen molar-refractivity contribution >= 4 is 22.3 Å². The number of benzene rings is 3. The van der Waals surface area contributed by atoms with E-state index in [1.165, 1.54) is 11.6 Å². The zero-order chi connectivity index (χ0) is 23.7. The monoisotopic (exact) mass is 459 g/mol. The predicted molar refractivity (Wildman–Crippen MR) is 133 cm³/mol. The molecule has 5 rings (SSSR count). The first-order valence-corrected chi connectivity index (χ1v) is 11.4. The van der Waals surface area contributed by atoms with Crippen LogP contribution in [0.4, 0.5) is 14.5 Å². The van der Waals surface area contributed by atoms with Crippen LogP contribution in [0.5, 0.6) is 0 Å². The molecule has 3 aromatic carbocycles. The van der Waals surface area contributed by atoms with Gasteiger partial charge in [-0.05, 0) is 48.5 Å². The largest absolute Gasteiger partial charge is 0.354 e. The number of hydrogen-bond donors (Lipinski definition) is 2. The summed E-state index contributed by atoms with van der Waals surface area (Å²) in [5.41, 5.74) is 5.02. The molecule has 0 spiro atoms. The van der Waals surface area contributed by atoms with Crippen LogP contribution in [-0.2, 0) is 6.54 Å². The Balaban J connectivity index is 1.32. The Kier molecular flexibility index (Phi) is 6.13. The van der Waals surface area contributed by atoms with Crippen LogP contribution in [0.1, 0.15) is 11.3 Å². The van der Waals surface area contributed by atoms with E-state index in [1.54, 1.807) is 18.2 Å². The number of nitrogens with zero attached hydrogens (tertiary/aromatic N) is 3. The van der Waals surface area contributed by atoms with Gasteiger partial charge in [-0.1, -0.05) is 36.9 Å². The first-order chi connectivity index (χ1) is 16.5. The molecule has 4 aromatic rings. The first kappa shape index (κ1) is 22.3. The molecule has 34 heavy (non-hydrogen) atoms. The molecule has 5 nitrogen and oxygen atoms in total. The van der Waals surface area contributed by atoms with Gasteiger partial charge in [-0.3, -0.25) is 10.00 Å². The van der Waals surface area contributed by atoms with Gasteiger partial charge in [0.2, 0.25) is 0 Å². The minimum absolute atomic E-state index is 0.212. The highest BCUT2D eigenvalue weighted by Crippen LogP contribution is 2.30. The predicted octanol–water partition coefficient (Wildman–Crippen LogP) is 5.34. The van der Waals surface area contributed by atoms with Crippen molar-refractivity contribution in [1.29, 1.82) is 0 Å². The number of aromatic nitrogens is 2. The van der Waals surface area contributed by atoms with Crippen LogP contribution in [-0.4, -0.2) is 53.2 Å². The van der Waals surface area contributed by atoms with Crippen LogP contribution in [0.3, 0.4) is 0 Å². The molecule has 1 aromatic heterocycles. The number of H-pyrrole nitrogens is 1. The maximum Gasteiger partial charge on any atom is 0.166 e. The highest BCUT2D eigenvalue weighted by atomic mass is 19.2. The van der Waals surface area contributed by atoms with E-state index < -0.39 is 11.6 Å². The average Bonchev–Trinajstić information content (AvgIpc) is 3.27. The number of likely N-dealkylation sites (N-methyl/N-ethyl adjacent to an activating group) is 1. The van der Waals surface area contributed by atoms with Crippen LogP contribution < -0.4 is 5.32 Å². The smallest absolute Gasteiger partial charge is 0.166 e. The highest BCUT2D eigenvalue weighted by molar-refractivity contribution is 5.95. The first-order valence-electron chi connectivity index (χ1n) is 11.4. The van der Waals surface area contributed by atoms with Gasteiger partial charge in [-0.25, -0.2) is 8.78 Å². The third-order valence-electron chi connectivity index (χ3n) is 6.36. The molecule has 0 radical (unpaired) electrons. The van der Waals surface area contributed by atoms with Gasteiger partial charge in [0.05, 0.1) is 11.2 Å². The molecule has 1 fully saturated rings. The Bertz CT molecular complexity index is 1320. The molecular formula is C27H27F2N5. The second-order valence-electron chi connectivity index (χ2n) is 8.81. The third-order valence-corrected chi connectivity index (χ3v) is 6.36. The minimum Gasteiger partial charge on any atom is -0.354 e. The van der Waals surface area contributed by atoms with Gasteiger partial charge in [0.1, 0.15) is 5.69 Å². The van der Waals surface area contributed by atoms with Crippen LogP contribution in [0.25, 0.3) is 27.7 Å². The summed E-state index contributed by atoms with van der Waals surface area (Å²) >= 11 is 0. The number of hydrogen-bond acceptors (Lipinski definition) is 4. The van der Waals surface area contributed by atoms with Crippen molar-refractivity contribution in [2.45, 2.75) is 6.54 Å². The second-order valence-corrected chi connectivity index (χ2v) is 8.81. The number of rotatable bonds is 6. The highest BCUT2D eigenvalue weighted by Gasteiger charge is 2.15. The quantitative estimate of drug-likeness (QED) is 0.409. The summed E-state index contributed by atoms with van der Waals surface area (Å²) in [6.45, 7) is 9.47. The van der Waals surface area contributed by atoms with Gasteiger partial charge in [-0.15, -0.1) is 0 Å². The van der Waals surface area contributed by atoms with Gasteiger partial charge in [0.25, 0.3) is 0 Å². The molecular weight excluding hydrogens is 432 g/mol. The zero-order valence-electron chi connectivity index (χ0n) is 19.1. The van der Waals surface area contributed by atoms with E-state index in [4.69, 9.17) is 0 Å². The van der Waals surface area contributed by atoms with Crippen LogP contribution in [0, 0.1) is 11.6 Å². The second kappa shape index (κ2) is 9.37. The maximum atomic E-state index is 14.3. The number of halogens is 2. The van der Waals surface area contributed by atoms with Crippen molar-refractivity contribution in [2.75, 3.05) is 38.5 Å². The van der Waals surface area contributed by atoms with E-state index in [1.807, 2.05) is 18.2 Å². The Morgan fingerprint density at radius 2 is 1.79 bits per heavy atom. The number of piperazine rings is 1. The topological polar surface area (TPSA) is 47.2 Å². The van der Waals surface area contributed by atoms with Crippen molar-refractivity contribution in [2.24, 2.45) is 0 Å². The molecule has 1 saturated heterocycles. The van der Waals surface area contributed by atoms with Crippen molar-refractivity contribution < 1.29 is 8.78 Å². The Labute approximate surface area is 197 Å². The summed E-state index contributed by atoms with van der Waals surface area (Å²) in [5, 5.41) is 11.5. The van der Waals surface area contributed by atoms with Crippen molar-refractivity contribution in [3.63, 3.8) is 0 Å². The number of anilines is 1. The summed E-state index contributed by atoms with van der Waals surface area (Å²) in [7, 11) is 2.16. The van der Waals surface area contributed by atoms with E-state index in [-0.39, 0.29) is 5.56 Å².